The van der Waals surface area contributed by atoms with E-state index in [1.807, 2.05) is 0 Å². The van der Waals surface area contributed by atoms with Gasteiger partial charge in [0.1, 0.15) is 0 Å². The molecule has 17 rings (SSSR count). The van der Waals surface area contributed by atoms with Crippen LogP contribution >= 0.6 is 9.90 Å². The third-order valence-electron chi connectivity index (χ3n) is 18.6. The van der Waals surface area contributed by atoms with Gasteiger partial charge in [-0.2, -0.15) is 0 Å². The maximum atomic E-state index is 2.46. The zero-order valence-corrected chi connectivity index (χ0v) is 58.9. The first kappa shape index (κ1) is 64.2. The van der Waals surface area contributed by atoms with Gasteiger partial charge in [0.15, 0.2) is 0 Å². The van der Waals surface area contributed by atoms with Crippen molar-refractivity contribution in [2.75, 3.05) is 0 Å². The van der Waals surface area contributed by atoms with Crippen LogP contribution in [-0.4, -0.2) is 4.57 Å². The fraction of sp³-hybridized carbons (Fsp3) is 0.0909. The van der Waals surface area contributed by atoms with Crippen LogP contribution in [0.4, 0.5) is 0 Å². The minimum absolute atomic E-state index is 0. The normalized spacial score (nSPS) is 11.7. The summed E-state index contributed by atoms with van der Waals surface area (Å²) in [5.74, 6) is 0. The van der Waals surface area contributed by atoms with E-state index in [9.17, 15) is 0 Å². The molecule has 16 aromatic carbocycles. The summed E-state index contributed by atoms with van der Waals surface area (Å²) in [6.45, 7) is 11.4. The van der Waals surface area contributed by atoms with E-state index in [0.717, 1.165) is 6.42 Å². The van der Waals surface area contributed by atoms with Gasteiger partial charge in [-0.1, -0.05) is 295 Å². The minimum Gasteiger partial charge on any atom is -0.577 e. The summed E-state index contributed by atoms with van der Waals surface area (Å²) >= 11 is 0. The smallest absolute Gasteiger partial charge is 0.577 e. The molecule has 1 heterocycles. The molecule has 1 nitrogen and oxygen atoms in total. The van der Waals surface area contributed by atoms with Crippen molar-refractivity contribution in [3.05, 3.63) is 315 Å². The Balaban J connectivity index is 0.000000139. The van der Waals surface area contributed by atoms with Crippen LogP contribution in [0.3, 0.4) is 0 Å². The fourth-order valence-corrected chi connectivity index (χ4v) is 14.0. The first-order valence-corrected chi connectivity index (χ1v) is 31.5. The van der Waals surface area contributed by atoms with Gasteiger partial charge < -0.3 is 14.5 Å². The number of aromatic nitrogens is 1. The van der Waals surface area contributed by atoms with Crippen LogP contribution in [-0.2, 0) is 24.0 Å². The molecule has 1 radical (unpaired) electrons. The molecule has 0 fully saturated rings. The Bertz CT molecular complexity index is 5330. The number of hydrogen-bond acceptors (Lipinski definition) is 0. The Hall–Kier alpha value is -7.95. The zero-order valence-electron chi connectivity index (χ0n) is 53.2. The maximum Gasteiger partial charge on any atom is 1.00 e. The van der Waals surface area contributed by atoms with Gasteiger partial charge in [-0.15, -0.1) is 0 Å². The summed E-state index contributed by atoms with van der Waals surface area (Å²) in [5, 5.41) is 23.3. The SMILES string of the molecule is CC(C)(C)c1ccc2c(-c3ccc4ccccc4c3)c3ccccc3c(-c3ccc4ccccc4c3)c2c1.CCC(C)n1c2ccccc2c2ccccc21.[K+].[PH2-].[V].c1ccc2cc(-c3c4ccccc4c(-c4ccc5ccccc5c4)c4ccccc34)ccc2c1. The van der Waals surface area contributed by atoms with Gasteiger partial charge in [0.05, 0.1) is 0 Å². The Morgan fingerprint density at radius 2 is 0.533 bits per heavy atom. The fourth-order valence-electron chi connectivity index (χ4n) is 14.0. The molecule has 92 heavy (non-hydrogen) atoms. The first-order chi connectivity index (χ1) is 43.7. The Morgan fingerprint density at radius 1 is 0.283 bits per heavy atom. The van der Waals surface area contributed by atoms with Crippen molar-refractivity contribution in [1.82, 2.24) is 4.57 Å². The second kappa shape index (κ2) is 27.3. The third kappa shape index (κ3) is 12.0. The molecule has 0 spiro atoms. The largest absolute Gasteiger partial charge is 1.00 e. The Kier molecular flexibility index (Phi) is 19.1. The van der Waals surface area contributed by atoms with Crippen molar-refractivity contribution >= 4 is 118 Å². The molecule has 0 aliphatic heterocycles. The molecule has 0 saturated carbocycles. The van der Waals surface area contributed by atoms with E-state index < -0.39 is 0 Å². The summed E-state index contributed by atoms with van der Waals surface area (Å²) < 4.78 is 2.46. The molecule has 4 heteroatoms. The van der Waals surface area contributed by atoms with Crippen molar-refractivity contribution in [3.63, 3.8) is 0 Å². The number of benzene rings is 16. The van der Waals surface area contributed by atoms with E-state index in [0.29, 0.717) is 6.04 Å². The summed E-state index contributed by atoms with van der Waals surface area (Å²) in [7, 11) is 0. The predicted molar refractivity (Wildman–Crippen MR) is 398 cm³/mol. The van der Waals surface area contributed by atoms with Crippen LogP contribution < -0.4 is 51.4 Å². The van der Waals surface area contributed by atoms with Crippen LogP contribution in [0.5, 0.6) is 0 Å². The molecule has 1 aromatic heterocycles. The van der Waals surface area contributed by atoms with E-state index >= 15 is 0 Å². The van der Waals surface area contributed by atoms with E-state index in [1.54, 1.807) is 0 Å². The van der Waals surface area contributed by atoms with E-state index in [4.69, 9.17) is 0 Å². The molecule has 1 atom stereocenters. The standard InChI is InChI=1S/C38H30.C34H22.C16H17N.K.H2P.V/c1-38(2,3)31-20-21-34-35(24-31)37(30-19-17-26-11-5-7-13-28(26)23-30)33-15-9-8-14-32(33)36(34)29-18-16-25-10-4-6-12-27(25)22-29;1-3-11-25-21-27(19-17-23(25)9-1)33-29-13-5-7-15-31(29)34(32-16-8-6-14-30(32)33)28-20-18-24-10-2-4-12-26(24)22-28;1-3-12(2)17-15-10-6-4-8-13(15)14-9-5-7-11-16(14)17;;;/h4-24H,1-3H3;1-22H;4-12H,3H2,1-2H3;;1H2;/q;;;+1;-1;. The quantitative estimate of drug-likeness (QED) is 0.0888. The number of nitrogens with zero attached hydrogens (tertiary/aromatic N) is 1. The van der Waals surface area contributed by atoms with Crippen molar-refractivity contribution in [3.8, 4) is 44.5 Å². The van der Waals surface area contributed by atoms with Gasteiger partial charge in [-0.25, -0.2) is 0 Å². The number of fused-ring (bicyclic) bond motifs is 11. The average Bonchev–Trinajstić information content (AvgIpc) is 0.961. The molecule has 0 N–H and O–H groups in total. The van der Waals surface area contributed by atoms with Gasteiger partial charge in [0.25, 0.3) is 0 Å². The van der Waals surface area contributed by atoms with Gasteiger partial charge in [-0.3, -0.25) is 0 Å². The molecule has 0 bridgehead atoms. The van der Waals surface area contributed by atoms with E-state index in [2.05, 4.69) is 349 Å². The monoisotopic (exact) mass is 1260 g/mol. The van der Waals surface area contributed by atoms with Crippen LogP contribution in [0.25, 0.3) is 152 Å². The van der Waals surface area contributed by atoms with Crippen molar-refractivity contribution in [2.45, 2.75) is 52.5 Å². The predicted octanol–water partition coefficient (Wildman–Crippen LogP) is 22.7. The molecule has 439 valence electrons. The van der Waals surface area contributed by atoms with E-state index in [-0.39, 0.29) is 85.3 Å². The second-order valence-electron chi connectivity index (χ2n) is 25.1. The van der Waals surface area contributed by atoms with Crippen LogP contribution in [0, 0.1) is 0 Å². The van der Waals surface area contributed by atoms with Gasteiger partial charge in [0, 0.05) is 46.4 Å². The topological polar surface area (TPSA) is 4.93 Å². The first-order valence-electron chi connectivity index (χ1n) is 31.5. The third-order valence-corrected chi connectivity index (χ3v) is 18.6. The van der Waals surface area contributed by atoms with Crippen molar-refractivity contribution < 1.29 is 69.9 Å². The molecule has 0 aliphatic rings. The molecule has 17 aromatic rings. The summed E-state index contributed by atoms with van der Waals surface area (Å²) in [5.41, 5.74) is 14.4. The Morgan fingerprint density at radius 3 is 0.826 bits per heavy atom. The molecule has 1 unspecified atom stereocenters. The van der Waals surface area contributed by atoms with Gasteiger partial charge in [-0.05, 0) is 197 Å². The van der Waals surface area contributed by atoms with Crippen LogP contribution in [0.1, 0.15) is 52.6 Å². The van der Waals surface area contributed by atoms with Crippen molar-refractivity contribution in [2.24, 2.45) is 0 Å². The summed E-state index contributed by atoms with van der Waals surface area (Å²) in [6.07, 6.45) is 1.16. The van der Waals surface area contributed by atoms with Crippen molar-refractivity contribution in [1.29, 1.82) is 0 Å². The zero-order chi connectivity index (χ0) is 60.2. The van der Waals surface area contributed by atoms with Gasteiger partial charge >= 0.3 is 51.4 Å². The maximum absolute atomic E-state index is 2.46. The van der Waals surface area contributed by atoms with Crippen LogP contribution in [0.2, 0.25) is 0 Å². The Labute approximate surface area is 598 Å². The number of rotatable bonds is 6. The molecule has 0 aliphatic carbocycles. The van der Waals surface area contributed by atoms with E-state index in [1.165, 1.54) is 158 Å². The summed E-state index contributed by atoms with van der Waals surface area (Å²) in [6, 6.07) is 114. The molecule has 0 saturated heterocycles. The molecule has 0 amide bonds. The van der Waals surface area contributed by atoms with Gasteiger partial charge in [0.2, 0.25) is 0 Å². The molecular weight excluding hydrogens is 1190 g/mol. The molecular formula is C88H71KNPV. The number of hydrogen-bond donors (Lipinski definition) is 0. The minimum atomic E-state index is 0. The number of para-hydroxylation sites is 2. The van der Waals surface area contributed by atoms with Crippen LogP contribution in [0.15, 0.2) is 309 Å². The average molecular weight is 1260 g/mol. The second-order valence-corrected chi connectivity index (χ2v) is 25.1. The summed E-state index contributed by atoms with van der Waals surface area (Å²) in [4.78, 5) is 0.